The van der Waals surface area contributed by atoms with E-state index in [0.717, 1.165) is 5.39 Å². The lowest BCUT2D eigenvalue weighted by Crippen LogP contribution is -2.52. The monoisotopic (exact) mass is 384 g/mol. The van der Waals surface area contributed by atoms with Crippen molar-refractivity contribution < 1.29 is 13.2 Å². The van der Waals surface area contributed by atoms with Gasteiger partial charge in [-0.15, -0.1) is 0 Å². The Hall–Kier alpha value is -2.71. The highest BCUT2D eigenvalue weighted by molar-refractivity contribution is 7.89. The van der Waals surface area contributed by atoms with Crippen LogP contribution in [0.4, 0.5) is 5.82 Å². The van der Waals surface area contributed by atoms with Crippen LogP contribution in [0.3, 0.4) is 0 Å². The normalized spacial score (nSPS) is 18.2. The molecule has 0 unspecified atom stereocenters. The summed E-state index contributed by atoms with van der Waals surface area (Å²) < 4.78 is 30.3. The Labute approximate surface area is 157 Å². The second-order valence-corrected chi connectivity index (χ2v) is 8.28. The number of hydrogen-bond acceptors (Lipinski definition) is 4. The maximum Gasteiger partial charge on any atom is 0.246 e. The topological polar surface area (TPSA) is 84.3 Å². The number of carbonyl (C=O) groups excluding carboxylic acids is 1. The summed E-state index contributed by atoms with van der Waals surface area (Å²) in [4.78, 5) is 14.7. The van der Waals surface area contributed by atoms with Gasteiger partial charge in [0.1, 0.15) is 11.9 Å². The molecule has 140 valence electrons. The van der Waals surface area contributed by atoms with Crippen LogP contribution in [0.5, 0.6) is 0 Å². The fourth-order valence-electron chi connectivity index (χ4n) is 3.52. The molecule has 1 fully saturated rings. The molecule has 1 aromatic heterocycles. The van der Waals surface area contributed by atoms with Gasteiger partial charge in [0.05, 0.1) is 11.1 Å². The van der Waals surface area contributed by atoms with E-state index in [9.17, 15) is 13.2 Å². The first kappa shape index (κ1) is 17.7. The summed E-state index contributed by atoms with van der Waals surface area (Å²) in [6, 6.07) is 13.4. The minimum atomic E-state index is -3.84. The second kappa shape index (κ2) is 6.79. The Balaban J connectivity index is 1.64. The van der Waals surface area contributed by atoms with Crippen LogP contribution in [0.1, 0.15) is 12.8 Å². The molecule has 8 heteroatoms. The largest absolute Gasteiger partial charge is 0.296 e. The van der Waals surface area contributed by atoms with Crippen molar-refractivity contribution in [1.29, 1.82) is 0 Å². The van der Waals surface area contributed by atoms with Crippen LogP contribution in [-0.2, 0) is 21.9 Å². The summed E-state index contributed by atoms with van der Waals surface area (Å²) in [5.41, 5.74) is 0. The number of amides is 1. The molecule has 0 aliphatic carbocycles. The predicted molar refractivity (Wildman–Crippen MR) is 103 cm³/mol. The van der Waals surface area contributed by atoms with Crippen molar-refractivity contribution in [3.63, 3.8) is 0 Å². The van der Waals surface area contributed by atoms with Crippen LogP contribution < -0.4 is 9.62 Å². The molecular weight excluding hydrogens is 364 g/mol. The first-order valence-electron chi connectivity index (χ1n) is 8.77. The fourth-order valence-corrected chi connectivity index (χ4v) is 4.98. The number of fused-ring (bicyclic) bond motifs is 1. The van der Waals surface area contributed by atoms with Crippen LogP contribution in [0.15, 0.2) is 59.6 Å². The van der Waals surface area contributed by atoms with Gasteiger partial charge >= 0.3 is 0 Å². The first-order valence-corrected chi connectivity index (χ1v) is 10.3. The lowest BCUT2D eigenvalue weighted by molar-refractivity contribution is -0.121. The third-order valence-electron chi connectivity index (χ3n) is 4.85. The molecule has 0 spiro atoms. The molecule has 7 nitrogen and oxygen atoms in total. The summed E-state index contributed by atoms with van der Waals surface area (Å²) in [5.74, 6) is 0.405. The van der Waals surface area contributed by atoms with Crippen molar-refractivity contribution in [1.82, 2.24) is 14.5 Å². The van der Waals surface area contributed by atoms with Crippen LogP contribution in [0, 0.1) is 0 Å². The summed E-state index contributed by atoms with van der Waals surface area (Å²) in [6.45, 7) is 0.546. The van der Waals surface area contributed by atoms with E-state index in [1.807, 2.05) is 18.2 Å². The highest BCUT2D eigenvalue weighted by Crippen LogP contribution is 2.25. The van der Waals surface area contributed by atoms with E-state index in [1.165, 1.54) is 0 Å². The molecule has 1 N–H and O–H groups in total. The second-order valence-electron chi connectivity index (χ2n) is 6.60. The number of sulfonamides is 1. The molecule has 0 bridgehead atoms. The van der Waals surface area contributed by atoms with Crippen molar-refractivity contribution in [3.8, 4) is 0 Å². The zero-order valence-corrected chi connectivity index (χ0v) is 15.7. The highest BCUT2D eigenvalue weighted by Gasteiger charge is 2.34. The molecule has 1 amide bonds. The molecule has 2 heterocycles. The Morgan fingerprint density at radius 2 is 1.89 bits per heavy atom. The molecule has 0 saturated carbocycles. The van der Waals surface area contributed by atoms with Crippen molar-refractivity contribution in [2.45, 2.75) is 23.8 Å². The van der Waals surface area contributed by atoms with Gasteiger partial charge in [0, 0.05) is 25.0 Å². The number of hydrogen-bond donors (Lipinski definition) is 1. The van der Waals surface area contributed by atoms with Crippen LogP contribution in [0.25, 0.3) is 10.8 Å². The summed E-state index contributed by atoms with van der Waals surface area (Å²) >= 11 is 0. The third-order valence-corrected chi connectivity index (χ3v) is 6.38. The van der Waals surface area contributed by atoms with E-state index in [2.05, 4.69) is 9.82 Å². The number of aromatic nitrogens is 2. The predicted octanol–water partition coefficient (Wildman–Crippen LogP) is 2.05. The number of aryl methyl sites for hydroxylation is 1. The number of rotatable bonds is 4. The number of nitrogens with zero attached hydrogens (tertiary/aromatic N) is 3. The minimum absolute atomic E-state index is 0.186. The molecule has 2 aromatic carbocycles. The van der Waals surface area contributed by atoms with E-state index < -0.39 is 16.1 Å². The standard InChI is InChI=1S/C19H20N4O3S/c1-22-18(11-12-20-22)23-13-5-9-16(19(23)24)21-27(25,26)17-10-4-7-14-6-2-3-8-15(14)17/h2-4,6-8,10-12,16,21H,5,9,13H2,1H3/t16-/m1/s1. The SMILES string of the molecule is Cn1nccc1N1CCC[C@@H](NS(=O)(=O)c2cccc3ccccc23)C1=O. The number of nitrogens with one attached hydrogen (secondary N) is 1. The molecule has 27 heavy (non-hydrogen) atoms. The average molecular weight is 384 g/mol. The molecule has 1 aliphatic rings. The van der Waals surface area contributed by atoms with Gasteiger partial charge in [-0.2, -0.15) is 9.82 Å². The van der Waals surface area contributed by atoms with E-state index in [1.54, 1.807) is 53.2 Å². The lowest BCUT2D eigenvalue weighted by atomic mass is 10.1. The maximum atomic E-state index is 13.0. The fraction of sp³-hybridized carbons (Fsp3) is 0.263. The van der Waals surface area contributed by atoms with Gasteiger partial charge < -0.3 is 0 Å². The number of benzene rings is 2. The minimum Gasteiger partial charge on any atom is -0.296 e. The summed E-state index contributed by atoms with van der Waals surface area (Å²) in [7, 11) is -2.09. The van der Waals surface area contributed by atoms with E-state index in [4.69, 9.17) is 0 Å². The van der Waals surface area contributed by atoms with E-state index in [-0.39, 0.29) is 10.8 Å². The van der Waals surface area contributed by atoms with Gasteiger partial charge in [-0.1, -0.05) is 36.4 Å². The van der Waals surface area contributed by atoms with Gasteiger partial charge in [-0.3, -0.25) is 14.4 Å². The third kappa shape index (κ3) is 3.22. The van der Waals surface area contributed by atoms with Crippen molar-refractivity contribution in [3.05, 3.63) is 54.7 Å². The zero-order valence-electron chi connectivity index (χ0n) is 14.9. The van der Waals surface area contributed by atoms with Crippen molar-refractivity contribution in [2.24, 2.45) is 7.05 Å². The Kier molecular flexibility index (Phi) is 4.45. The summed E-state index contributed by atoms with van der Waals surface area (Å²) in [6.07, 6.45) is 2.79. The van der Waals surface area contributed by atoms with Crippen molar-refractivity contribution in [2.75, 3.05) is 11.4 Å². The van der Waals surface area contributed by atoms with Gasteiger partial charge in [-0.25, -0.2) is 8.42 Å². The molecule has 1 aliphatic heterocycles. The lowest BCUT2D eigenvalue weighted by Gasteiger charge is -2.32. The summed E-state index contributed by atoms with van der Waals surface area (Å²) in [5, 5.41) is 5.57. The Morgan fingerprint density at radius 3 is 2.67 bits per heavy atom. The molecular formula is C19H20N4O3S. The number of carbonyl (C=O) groups is 1. The molecule has 0 radical (unpaired) electrons. The van der Waals surface area contributed by atoms with Gasteiger partial charge in [0.15, 0.2) is 0 Å². The van der Waals surface area contributed by atoms with Gasteiger partial charge in [0.25, 0.3) is 0 Å². The zero-order chi connectivity index (χ0) is 19.0. The molecule has 4 rings (SSSR count). The average Bonchev–Trinajstić information content (AvgIpc) is 3.08. The van der Waals surface area contributed by atoms with Crippen LogP contribution in [0.2, 0.25) is 0 Å². The maximum absolute atomic E-state index is 13.0. The van der Waals surface area contributed by atoms with Crippen molar-refractivity contribution >= 4 is 32.5 Å². The first-order chi connectivity index (χ1) is 13.0. The number of piperidine rings is 1. The molecule has 1 saturated heterocycles. The smallest absolute Gasteiger partial charge is 0.246 e. The van der Waals surface area contributed by atoms with E-state index >= 15 is 0 Å². The van der Waals surface area contributed by atoms with Gasteiger partial charge in [-0.05, 0) is 24.3 Å². The Bertz CT molecular complexity index is 1100. The quantitative estimate of drug-likeness (QED) is 0.746. The van der Waals surface area contributed by atoms with Crippen LogP contribution in [-0.4, -0.2) is 36.7 Å². The van der Waals surface area contributed by atoms with E-state index in [0.29, 0.717) is 30.6 Å². The van der Waals surface area contributed by atoms with Gasteiger partial charge in [0.2, 0.25) is 15.9 Å². The Morgan fingerprint density at radius 1 is 1.11 bits per heavy atom. The molecule has 1 atom stereocenters. The highest BCUT2D eigenvalue weighted by atomic mass is 32.2. The van der Waals surface area contributed by atoms with Crippen LogP contribution >= 0.6 is 0 Å². The molecule has 3 aromatic rings. The number of anilines is 1.